The molecule has 30 heavy (non-hydrogen) atoms. The van der Waals surface area contributed by atoms with Gasteiger partial charge in [-0.25, -0.2) is 4.98 Å². The van der Waals surface area contributed by atoms with Gasteiger partial charge in [0.1, 0.15) is 11.5 Å². The summed E-state index contributed by atoms with van der Waals surface area (Å²) in [6.45, 7) is 4.77. The van der Waals surface area contributed by atoms with Gasteiger partial charge in [0.2, 0.25) is 0 Å². The Labute approximate surface area is 181 Å². The van der Waals surface area contributed by atoms with Gasteiger partial charge in [-0.2, -0.15) is 4.98 Å². The monoisotopic (exact) mass is 421 g/mol. The molecular weight excluding hydrogens is 394 g/mol. The van der Waals surface area contributed by atoms with E-state index in [9.17, 15) is 4.79 Å². The van der Waals surface area contributed by atoms with Crippen LogP contribution in [0.25, 0.3) is 10.3 Å². The number of nitrogens with zero attached hydrogens (tertiary/aromatic N) is 3. The molecule has 4 heterocycles. The fourth-order valence-electron chi connectivity index (χ4n) is 5.17. The van der Waals surface area contributed by atoms with Crippen molar-refractivity contribution in [2.75, 3.05) is 0 Å². The van der Waals surface area contributed by atoms with Gasteiger partial charge in [0, 0.05) is 31.2 Å². The molecule has 5 nitrogen and oxygen atoms in total. The molecule has 0 spiro atoms. The van der Waals surface area contributed by atoms with Gasteiger partial charge < -0.3 is 9.53 Å². The molecule has 1 aromatic carbocycles. The predicted molar refractivity (Wildman–Crippen MR) is 119 cm³/mol. The van der Waals surface area contributed by atoms with Gasteiger partial charge in [-0.1, -0.05) is 23.5 Å². The molecule has 3 aromatic rings. The minimum Gasteiger partial charge on any atom is -0.431 e. The molecule has 2 aliphatic heterocycles. The molecule has 156 valence electrons. The number of ketones is 1. The summed E-state index contributed by atoms with van der Waals surface area (Å²) in [7, 11) is 0. The standard InChI is InChI=1S/C24H27N3O2S/c1-15-9-10-25-23-22(15)30-24(26-23)29-21-7-3-17(4-8-21)14-27-19-5-6-20(27)13-18(12-19)11-16(2)28/h3-4,7-10,18-20H,5-6,11-14H2,1-2H3/t18?,19-,20+. The first-order valence-corrected chi connectivity index (χ1v) is 11.6. The molecule has 2 saturated heterocycles. The van der Waals surface area contributed by atoms with Crippen LogP contribution in [0, 0.1) is 12.8 Å². The first-order chi connectivity index (χ1) is 14.5. The second-order valence-electron chi connectivity index (χ2n) is 8.81. The van der Waals surface area contributed by atoms with E-state index in [4.69, 9.17) is 4.74 Å². The lowest BCUT2D eigenvalue weighted by molar-refractivity contribution is -0.118. The van der Waals surface area contributed by atoms with Gasteiger partial charge in [0.15, 0.2) is 5.65 Å². The van der Waals surface area contributed by atoms with Gasteiger partial charge in [0.05, 0.1) is 4.70 Å². The van der Waals surface area contributed by atoms with Gasteiger partial charge in [-0.05, 0) is 74.8 Å². The Bertz CT molecular complexity index is 1050. The lowest BCUT2D eigenvalue weighted by Crippen LogP contribution is -2.42. The Balaban J connectivity index is 1.23. The van der Waals surface area contributed by atoms with E-state index in [2.05, 4.69) is 33.9 Å². The van der Waals surface area contributed by atoms with Gasteiger partial charge in [0.25, 0.3) is 5.19 Å². The molecule has 0 aliphatic carbocycles. The fraction of sp³-hybridized carbons (Fsp3) is 0.458. The first kappa shape index (κ1) is 19.6. The number of aryl methyl sites for hydroxylation is 1. The summed E-state index contributed by atoms with van der Waals surface area (Å²) in [5.41, 5.74) is 3.23. The van der Waals surface area contributed by atoms with E-state index < -0.39 is 0 Å². The van der Waals surface area contributed by atoms with Crippen molar-refractivity contribution in [1.82, 2.24) is 14.9 Å². The second kappa shape index (κ2) is 8.08. The van der Waals surface area contributed by atoms with Crippen LogP contribution in [0.5, 0.6) is 10.9 Å². The molecule has 5 rings (SSSR count). The molecule has 3 atom stereocenters. The Morgan fingerprint density at radius 3 is 2.57 bits per heavy atom. The van der Waals surface area contributed by atoms with Crippen LogP contribution in [0.4, 0.5) is 0 Å². The highest BCUT2D eigenvalue weighted by Gasteiger charge is 2.40. The Hall–Kier alpha value is -2.31. The highest BCUT2D eigenvalue weighted by molar-refractivity contribution is 7.20. The largest absolute Gasteiger partial charge is 0.431 e. The lowest BCUT2D eigenvalue weighted by atomic mass is 9.87. The normalized spacial score (nSPS) is 23.7. The zero-order valence-electron chi connectivity index (χ0n) is 17.5. The van der Waals surface area contributed by atoms with Crippen LogP contribution in [-0.2, 0) is 11.3 Å². The fourth-order valence-corrected chi connectivity index (χ4v) is 6.03. The minimum atomic E-state index is 0.336. The number of rotatable bonds is 6. The van der Waals surface area contributed by atoms with E-state index in [0.29, 0.717) is 29.0 Å². The predicted octanol–water partition coefficient (Wildman–Crippen LogP) is 5.51. The van der Waals surface area contributed by atoms with Gasteiger partial charge in [-0.3, -0.25) is 4.90 Å². The number of thiazole rings is 1. The highest BCUT2D eigenvalue weighted by Crippen LogP contribution is 2.41. The summed E-state index contributed by atoms with van der Waals surface area (Å²) >= 11 is 1.54. The van der Waals surface area contributed by atoms with Crippen LogP contribution in [0.1, 0.15) is 50.2 Å². The average molecular weight is 422 g/mol. The number of pyridine rings is 1. The summed E-state index contributed by atoms with van der Waals surface area (Å²) in [6.07, 6.45) is 7.42. The van der Waals surface area contributed by atoms with Crippen LogP contribution in [0.15, 0.2) is 36.5 Å². The average Bonchev–Trinajstić information content (AvgIpc) is 3.21. The summed E-state index contributed by atoms with van der Waals surface area (Å²) in [5.74, 6) is 1.72. The summed E-state index contributed by atoms with van der Waals surface area (Å²) in [6, 6.07) is 11.6. The molecule has 0 amide bonds. The Morgan fingerprint density at radius 1 is 1.17 bits per heavy atom. The van der Waals surface area contributed by atoms with Crippen LogP contribution in [0.3, 0.4) is 0 Å². The summed E-state index contributed by atoms with van der Waals surface area (Å²) in [4.78, 5) is 23.0. The number of ether oxygens (including phenoxy) is 1. The van der Waals surface area contributed by atoms with Crippen molar-refractivity contribution >= 4 is 27.5 Å². The van der Waals surface area contributed by atoms with Crippen molar-refractivity contribution in [3.63, 3.8) is 0 Å². The minimum absolute atomic E-state index is 0.336. The zero-order chi connectivity index (χ0) is 20.7. The van der Waals surface area contributed by atoms with Crippen LogP contribution < -0.4 is 4.74 Å². The molecule has 0 saturated carbocycles. The highest BCUT2D eigenvalue weighted by atomic mass is 32.1. The number of hydrogen-bond acceptors (Lipinski definition) is 6. The quantitative estimate of drug-likeness (QED) is 0.525. The van der Waals surface area contributed by atoms with Crippen molar-refractivity contribution in [1.29, 1.82) is 0 Å². The molecule has 0 radical (unpaired) electrons. The van der Waals surface area contributed by atoms with Gasteiger partial charge in [-0.15, -0.1) is 0 Å². The molecule has 6 heteroatoms. The maximum Gasteiger partial charge on any atom is 0.281 e. The molecule has 0 N–H and O–H groups in total. The number of piperidine rings is 1. The van der Waals surface area contributed by atoms with Gasteiger partial charge >= 0.3 is 0 Å². The maximum atomic E-state index is 11.5. The molecular formula is C24H27N3O2S. The molecule has 2 aliphatic rings. The number of Topliss-reactive ketones (excluding diaryl/α,β-unsaturated/α-hetero) is 1. The molecule has 2 aromatic heterocycles. The second-order valence-corrected chi connectivity index (χ2v) is 9.77. The van der Waals surface area contributed by atoms with Crippen LogP contribution in [0.2, 0.25) is 0 Å². The van der Waals surface area contributed by atoms with E-state index in [1.807, 2.05) is 18.2 Å². The summed E-state index contributed by atoms with van der Waals surface area (Å²) in [5, 5.41) is 0.630. The van der Waals surface area contributed by atoms with Crippen molar-refractivity contribution in [3.8, 4) is 10.9 Å². The lowest BCUT2D eigenvalue weighted by Gasteiger charge is -2.38. The zero-order valence-corrected chi connectivity index (χ0v) is 18.3. The first-order valence-electron chi connectivity index (χ1n) is 10.8. The third kappa shape index (κ3) is 3.98. The molecule has 2 bridgehead atoms. The van der Waals surface area contributed by atoms with Crippen molar-refractivity contribution in [2.45, 2.75) is 64.6 Å². The number of benzene rings is 1. The van der Waals surface area contributed by atoms with E-state index in [1.54, 1.807) is 13.1 Å². The SMILES string of the molecule is CC(=O)CC1C[C@H]2CC[C@@H](C1)N2Cc1ccc(Oc2nc3nccc(C)c3s2)cc1. The third-order valence-electron chi connectivity index (χ3n) is 6.52. The molecule has 1 unspecified atom stereocenters. The van der Waals surface area contributed by atoms with Crippen molar-refractivity contribution < 1.29 is 9.53 Å². The number of hydrogen-bond donors (Lipinski definition) is 0. The number of carbonyl (C=O) groups excluding carboxylic acids is 1. The van der Waals surface area contributed by atoms with Crippen molar-refractivity contribution in [2.24, 2.45) is 5.92 Å². The topological polar surface area (TPSA) is 55.3 Å². The van der Waals surface area contributed by atoms with Crippen LogP contribution >= 0.6 is 11.3 Å². The van der Waals surface area contributed by atoms with Crippen molar-refractivity contribution in [3.05, 3.63) is 47.7 Å². The summed E-state index contributed by atoms with van der Waals surface area (Å²) < 4.78 is 7.07. The third-order valence-corrected chi connectivity index (χ3v) is 7.58. The van der Waals surface area contributed by atoms with E-state index in [1.165, 1.54) is 48.1 Å². The van der Waals surface area contributed by atoms with E-state index in [0.717, 1.165) is 29.1 Å². The number of fused-ring (bicyclic) bond motifs is 3. The Morgan fingerprint density at radius 2 is 1.90 bits per heavy atom. The van der Waals surface area contributed by atoms with E-state index >= 15 is 0 Å². The maximum absolute atomic E-state index is 11.5. The van der Waals surface area contributed by atoms with Crippen LogP contribution in [-0.4, -0.2) is 32.7 Å². The number of aromatic nitrogens is 2. The Kier molecular flexibility index (Phi) is 5.29. The van der Waals surface area contributed by atoms with E-state index in [-0.39, 0.29) is 0 Å². The smallest absolute Gasteiger partial charge is 0.281 e. The molecule has 2 fully saturated rings. The number of carbonyl (C=O) groups is 1.